The SMILES string of the molecule is Cc1oc2cc(O[C@H]3O[C@H](CO)[C@@H](O)[C@@H](O)[C@@H]3O)ccc2c(=O)c1-c1ccccn1. The molecule has 0 aliphatic carbocycles. The lowest BCUT2D eigenvalue weighted by atomic mass is 9.99. The molecule has 5 atom stereocenters. The van der Waals surface area contributed by atoms with Crippen LogP contribution >= 0.6 is 0 Å². The normalized spacial score (nSPS) is 26.6. The van der Waals surface area contributed by atoms with E-state index in [2.05, 4.69) is 4.98 Å². The van der Waals surface area contributed by atoms with Crippen molar-refractivity contribution in [2.24, 2.45) is 0 Å². The van der Waals surface area contributed by atoms with Gasteiger partial charge in [0.1, 0.15) is 41.5 Å². The molecule has 1 aliphatic heterocycles. The molecule has 1 aliphatic rings. The summed E-state index contributed by atoms with van der Waals surface area (Å²) in [5, 5.41) is 39.5. The summed E-state index contributed by atoms with van der Waals surface area (Å²) < 4.78 is 16.7. The molecule has 1 aromatic carbocycles. The molecule has 0 saturated carbocycles. The van der Waals surface area contributed by atoms with Gasteiger partial charge in [-0.3, -0.25) is 9.78 Å². The molecule has 0 unspecified atom stereocenters. The minimum absolute atomic E-state index is 0.208. The number of pyridine rings is 1. The third-order valence-corrected chi connectivity index (χ3v) is 5.06. The maximum Gasteiger partial charge on any atom is 0.229 e. The Bertz CT molecular complexity index is 1100. The lowest BCUT2D eigenvalue weighted by molar-refractivity contribution is -0.277. The zero-order valence-corrected chi connectivity index (χ0v) is 16.0. The summed E-state index contributed by atoms with van der Waals surface area (Å²) in [6.07, 6.45) is -5.41. The average Bonchev–Trinajstić information content (AvgIpc) is 2.74. The van der Waals surface area contributed by atoms with Gasteiger partial charge in [-0.05, 0) is 31.2 Å². The van der Waals surface area contributed by atoms with E-state index >= 15 is 0 Å². The predicted molar refractivity (Wildman–Crippen MR) is 105 cm³/mol. The zero-order valence-electron chi connectivity index (χ0n) is 16.0. The Kier molecular flexibility index (Phi) is 5.54. The molecule has 4 rings (SSSR count). The second kappa shape index (κ2) is 8.13. The molecule has 4 N–H and O–H groups in total. The second-order valence-corrected chi connectivity index (χ2v) is 7.05. The largest absolute Gasteiger partial charge is 0.462 e. The standard InChI is InChI=1S/C21H21NO8/c1-10-16(13-4-2-3-7-22-13)17(24)12-6-5-11(8-14(12)28-10)29-21-20(27)19(26)18(25)15(9-23)30-21/h2-8,15,18-21,23,25-27H,9H2,1H3/t15-,18-,19-,20+,21+/m1/s1. The number of aryl methyl sites for hydroxylation is 1. The van der Waals surface area contributed by atoms with Gasteiger partial charge < -0.3 is 34.3 Å². The van der Waals surface area contributed by atoms with E-state index in [1.54, 1.807) is 31.3 Å². The Labute approximate surface area is 170 Å². The van der Waals surface area contributed by atoms with Crippen LogP contribution in [0.5, 0.6) is 5.75 Å². The first-order valence-electron chi connectivity index (χ1n) is 9.36. The van der Waals surface area contributed by atoms with Crippen molar-refractivity contribution in [2.75, 3.05) is 6.61 Å². The second-order valence-electron chi connectivity index (χ2n) is 7.05. The van der Waals surface area contributed by atoms with Crippen LogP contribution in [0.3, 0.4) is 0 Å². The van der Waals surface area contributed by atoms with Crippen molar-refractivity contribution in [3.63, 3.8) is 0 Å². The van der Waals surface area contributed by atoms with E-state index in [1.807, 2.05) is 0 Å². The number of hydrogen-bond donors (Lipinski definition) is 4. The molecule has 158 valence electrons. The topological polar surface area (TPSA) is 142 Å². The van der Waals surface area contributed by atoms with Crippen LogP contribution in [0.4, 0.5) is 0 Å². The number of aliphatic hydroxyl groups is 4. The highest BCUT2D eigenvalue weighted by atomic mass is 16.7. The van der Waals surface area contributed by atoms with Crippen LogP contribution < -0.4 is 10.2 Å². The maximum absolute atomic E-state index is 13.0. The Morgan fingerprint density at radius 1 is 1.10 bits per heavy atom. The Balaban J connectivity index is 1.67. The van der Waals surface area contributed by atoms with E-state index in [9.17, 15) is 25.2 Å². The highest BCUT2D eigenvalue weighted by molar-refractivity contribution is 5.83. The Hall–Kier alpha value is -2.82. The lowest BCUT2D eigenvalue weighted by Gasteiger charge is -2.39. The number of aromatic nitrogens is 1. The summed E-state index contributed by atoms with van der Waals surface area (Å²) in [6.45, 7) is 1.10. The minimum atomic E-state index is -1.55. The van der Waals surface area contributed by atoms with Crippen LogP contribution in [0, 0.1) is 6.92 Å². The van der Waals surface area contributed by atoms with Crippen molar-refractivity contribution in [1.29, 1.82) is 0 Å². The first-order chi connectivity index (χ1) is 14.4. The maximum atomic E-state index is 13.0. The van der Waals surface area contributed by atoms with Crippen LogP contribution in [0.1, 0.15) is 5.76 Å². The van der Waals surface area contributed by atoms with Crippen LogP contribution in [0.15, 0.2) is 51.8 Å². The van der Waals surface area contributed by atoms with Gasteiger partial charge >= 0.3 is 0 Å². The van der Waals surface area contributed by atoms with Crippen molar-refractivity contribution in [3.8, 4) is 17.0 Å². The van der Waals surface area contributed by atoms with E-state index in [-0.39, 0.29) is 16.8 Å². The van der Waals surface area contributed by atoms with Crippen LogP contribution in [0.2, 0.25) is 0 Å². The smallest absolute Gasteiger partial charge is 0.229 e. The number of ether oxygens (including phenoxy) is 2. The van der Waals surface area contributed by atoms with E-state index < -0.39 is 37.3 Å². The monoisotopic (exact) mass is 415 g/mol. The molecule has 30 heavy (non-hydrogen) atoms. The molecular formula is C21H21NO8. The van der Waals surface area contributed by atoms with Crippen molar-refractivity contribution in [2.45, 2.75) is 37.6 Å². The van der Waals surface area contributed by atoms with E-state index in [0.29, 0.717) is 22.4 Å². The molecule has 0 radical (unpaired) electrons. The van der Waals surface area contributed by atoms with Crippen molar-refractivity contribution >= 4 is 11.0 Å². The quantitative estimate of drug-likeness (QED) is 0.474. The van der Waals surface area contributed by atoms with Gasteiger partial charge in [-0.1, -0.05) is 6.07 Å². The van der Waals surface area contributed by atoms with Crippen LogP contribution in [0.25, 0.3) is 22.2 Å². The summed E-state index contributed by atoms with van der Waals surface area (Å²) in [5.74, 6) is 0.594. The van der Waals surface area contributed by atoms with E-state index in [4.69, 9.17) is 13.9 Å². The van der Waals surface area contributed by atoms with Crippen LogP contribution in [-0.4, -0.2) is 62.7 Å². The lowest BCUT2D eigenvalue weighted by Crippen LogP contribution is -2.60. The van der Waals surface area contributed by atoms with Crippen molar-refractivity contribution < 1.29 is 34.3 Å². The molecule has 2 aromatic heterocycles. The van der Waals surface area contributed by atoms with Gasteiger partial charge in [0.15, 0.2) is 0 Å². The van der Waals surface area contributed by atoms with Gasteiger partial charge in [0.25, 0.3) is 0 Å². The fourth-order valence-corrected chi connectivity index (χ4v) is 3.46. The number of nitrogens with zero attached hydrogens (tertiary/aromatic N) is 1. The van der Waals surface area contributed by atoms with Crippen molar-refractivity contribution in [1.82, 2.24) is 4.98 Å². The van der Waals surface area contributed by atoms with Gasteiger partial charge in [-0.2, -0.15) is 0 Å². The van der Waals surface area contributed by atoms with Gasteiger partial charge in [0.05, 0.1) is 23.3 Å². The third-order valence-electron chi connectivity index (χ3n) is 5.06. The van der Waals surface area contributed by atoms with Gasteiger partial charge in [0.2, 0.25) is 11.7 Å². The number of hydrogen-bond acceptors (Lipinski definition) is 9. The fraction of sp³-hybridized carbons (Fsp3) is 0.333. The molecule has 0 amide bonds. The number of rotatable bonds is 4. The van der Waals surface area contributed by atoms with Gasteiger partial charge in [-0.25, -0.2) is 0 Å². The Morgan fingerprint density at radius 3 is 2.60 bits per heavy atom. The highest BCUT2D eigenvalue weighted by Crippen LogP contribution is 2.28. The first-order valence-corrected chi connectivity index (χ1v) is 9.36. The highest BCUT2D eigenvalue weighted by Gasteiger charge is 2.44. The number of aliphatic hydroxyl groups excluding tert-OH is 4. The fourth-order valence-electron chi connectivity index (χ4n) is 3.46. The van der Waals surface area contributed by atoms with Crippen LogP contribution in [-0.2, 0) is 4.74 Å². The predicted octanol–water partition coefficient (Wildman–Crippen LogP) is 0.342. The zero-order chi connectivity index (χ0) is 21.4. The van der Waals surface area contributed by atoms with Gasteiger partial charge in [-0.15, -0.1) is 0 Å². The van der Waals surface area contributed by atoms with Gasteiger partial charge in [0, 0.05) is 12.3 Å². The van der Waals surface area contributed by atoms with E-state index in [0.717, 1.165) is 0 Å². The first kappa shape index (κ1) is 20.5. The molecule has 9 nitrogen and oxygen atoms in total. The average molecular weight is 415 g/mol. The summed E-state index contributed by atoms with van der Waals surface area (Å²) in [6, 6.07) is 9.74. The minimum Gasteiger partial charge on any atom is -0.462 e. The molecule has 0 spiro atoms. The summed E-state index contributed by atoms with van der Waals surface area (Å²) in [7, 11) is 0. The molecule has 0 bridgehead atoms. The molecule has 3 aromatic rings. The van der Waals surface area contributed by atoms with E-state index in [1.165, 1.54) is 18.2 Å². The third kappa shape index (κ3) is 3.57. The molecule has 1 fully saturated rings. The molecular weight excluding hydrogens is 394 g/mol. The molecule has 1 saturated heterocycles. The summed E-state index contributed by atoms with van der Waals surface area (Å²) in [4.78, 5) is 17.2. The Morgan fingerprint density at radius 2 is 1.90 bits per heavy atom. The molecule has 3 heterocycles. The number of benzene rings is 1. The molecule has 9 heteroatoms. The summed E-state index contributed by atoms with van der Waals surface area (Å²) >= 11 is 0. The number of fused-ring (bicyclic) bond motifs is 1. The van der Waals surface area contributed by atoms with Crippen molar-refractivity contribution in [3.05, 3.63) is 58.6 Å². The summed E-state index contributed by atoms with van der Waals surface area (Å²) in [5.41, 5.74) is 0.893.